The molecule has 0 fully saturated rings. The quantitative estimate of drug-likeness (QED) is 0.105. The average molecular weight is 645 g/mol. The second-order valence-electron chi connectivity index (χ2n) is 10.8. The molecule has 10 nitrogen and oxygen atoms in total. The lowest BCUT2D eigenvalue weighted by molar-refractivity contribution is 0.0421. The van der Waals surface area contributed by atoms with Crippen molar-refractivity contribution in [3.05, 3.63) is 69.8 Å². The maximum Gasteiger partial charge on any atom is 0.346 e. The number of aliphatic hydroxyl groups excluding tert-OH is 1. The van der Waals surface area contributed by atoms with E-state index in [-0.39, 0.29) is 33.4 Å². The van der Waals surface area contributed by atoms with Crippen molar-refractivity contribution in [2.45, 2.75) is 79.1 Å². The van der Waals surface area contributed by atoms with Crippen LogP contribution >= 0.6 is 11.6 Å². The number of esters is 5. The van der Waals surface area contributed by atoms with E-state index in [1.54, 1.807) is 0 Å². The van der Waals surface area contributed by atoms with Gasteiger partial charge in [-0.1, -0.05) is 66.2 Å². The Morgan fingerprint density at radius 3 is 1.60 bits per heavy atom. The van der Waals surface area contributed by atoms with Gasteiger partial charge in [0.2, 0.25) is 0 Å². The molecular weight excluding hydrogens is 604 g/mol. The van der Waals surface area contributed by atoms with Crippen LogP contribution in [0.3, 0.4) is 0 Å². The average Bonchev–Trinajstić information content (AvgIpc) is 3.50. The molecule has 2 aromatic rings. The summed E-state index contributed by atoms with van der Waals surface area (Å²) in [6.07, 6.45) is 9.05. The monoisotopic (exact) mass is 644 g/mol. The third kappa shape index (κ3) is 10.9. The topological polar surface area (TPSA) is 150 Å². The highest BCUT2D eigenvalue weighted by molar-refractivity contribution is 6.67. The third-order valence-electron chi connectivity index (χ3n) is 7.55. The second kappa shape index (κ2) is 18.8. The molecule has 4 rings (SSSR count). The van der Waals surface area contributed by atoms with Gasteiger partial charge in [0.15, 0.2) is 0 Å². The SMILES string of the molecule is CCCCC(CC)CO.CCCCC(CC)COC(=O)c1ccc2c(c1)C(=O)OC2=O.O=C(Cl)c1ccc2c(c1)C(=O)OC2=O. The third-order valence-corrected chi connectivity index (χ3v) is 7.77. The number of fused-ring (bicyclic) bond motifs is 2. The smallest absolute Gasteiger partial charge is 0.346 e. The fraction of sp³-hybridized carbons (Fsp3) is 0.471. The summed E-state index contributed by atoms with van der Waals surface area (Å²) in [4.78, 5) is 67.7. The first-order valence-electron chi connectivity index (χ1n) is 15.3. The zero-order valence-corrected chi connectivity index (χ0v) is 26.9. The Bertz CT molecular complexity index is 1380. The van der Waals surface area contributed by atoms with Gasteiger partial charge in [0, 0.05) is 12.2 Å². The molecule has 0 amide bonds. The molecule has 2 atom stereocenters. The lowest BCUT2D eigenvalue weighted by Gasteiger charge is -2.14. The Kier molecular flexibility index (Phi) is 15.6. The molecule has 1 N–H and O–H groups in total. The zero-order valence-electron chi connectivity index (χ0n) is 26.2. The molecule has 2 unspecified atom stereocenters. The van der Waals surface area contributed by atoms with Crippen LogP contribution in [0.4, 0.5) is 0 Å². The van der Waals surface area contributed by atoms with Gasteiger partial charge in [0.1, 0.15) is 0 Å². The minimum Gasteiger partial charge on any atom is -0.462 e. The van der Waals surface area contributed by atoms with Crippen LogP contribution in [-0.2, 0) is 14.2 Å². The summed E-state index contributed by atoms with van der Waals surface area (Å²) in [6, 6.07) is 8.23. The van der Waals surface area contributed by atoms with Crippen LogP contribution in [0, 0.1) is 11.8 Å². The molecule has 11 heteroatoms. The van der Waals surface area contributed by atoms with Gasteiger partial charge in [-0.2, -0.15) is 0 Å². The van der Waals surface area contributed by atoms with Crippen molar-refractivity contribution in [1.82, 2.24) is 0 Å². The summed E-state index contributed by atoms with van der Waals surface area (Å²) in [5.41, 5.74) is 0.986. The van der Waals surface area contributed by atoms with Crippen molar-refractivity contribution in [3.63, 3.8) is 0 Å². The van der Waals surface area contributed by atoms with E-state index in [0.717, 1.165) is 32.1 Å². The number of halogens is 1. The number of cyclic esters (lactones) is 4. The Balaban J connectivity index is 0.000000262. The summed E-state index contributed by atoms with van der Waals surface area (Å²) < 4.78 is 14.2. The Morgan fingerprint density at radius 2 is 1.16 bits per heavy atom. The number of carbonyl (C=O) groups excluding carboxylic acids is 6. The van der Waals surface area contributed by atoms with E-state index >= 15 is 0 Å². The van der Waals surface area contributed by atoms with Crippen LogP contribution in [-0.4, -0.2) is 53.4 Å². The van der Waals surface area contributed by atoms with Crippen LogP contribution < -0.4 is 0 Å². The maximum absolute atomic E-state index is 12.1. The molecule has 0 aliphatic carbocycles. The molecule has 244 valence electrons. The van der Waals surface area contributed by atoms with Gasteiger partial charge in [-0.3, -0.25) is 4.79 Å². The van der Waals surface area contributed by atoms with Crippen molar-refractivity contribution in [2.24, 2.45) is 11.8 Å². The highest BCUT2D eigenvalue weighted by Gasteiger charge is 2.31. The fourth-order valence-electron chi connectivity index (χ4n) is 4.51. The number of ether oxygens (including phenoxy) is 3. The molecule has 0 saturated carbocycles. The molecule has 2 heterocycles. The molecule has 0 spiro atoms. The van der Waals surface area contributed by atoms with Crippen LogP contribution in [0.2, 0.25) is 0 Å². The highest BCUT2D eigenvalue weighted by Crippen LogP contribution is 2.23. The predicted molar refractivity (Wildman–Crippen MR) is 167 cm³/mol. The lowest BCUT2D eigenvalue weighted by Crippen LogP contribution is -2.14. The van der Waals surface area contributed by atoms with Gasteiger partial charge in [0.05, 0.1) is 34.4 Å². The molecule has 0 aromatic heterocycles. The summed E-state index contributed by atoms with van der Waals surface area (Å²) in [6.45, 7) is 9.27. The van der Waals surface area contributed by atoms with Gasteiger partial charge in [0.25, 0.3) is 5.24 Å². The predicted octanol–water partition coefficient (Wildman–Crippen LogP) is 6.94. The van der Waals surface area contributed by atoms with Gasteiger partial charge in [-0.25, -0.2) is 24.0 Å². The van der Waals surface area contributed by atoms with Crippen molar-refractivity contribution >= 4 is 46.7 Å². The minimum absolute atomic E-state index is 0.0847. The van der Waals surface area contributed by atoms with E-state index in [9.17, 15) is 28.8 Å². The van der Waals surface area contributed by atoms with Crippen molar-refractivity contribution < 1.29 is 48.1 Å². The molecule has 2 aliphatic rings. The summed E-state index contributed by atoms with van der Waals surface area (Å²) in [5.74, 6) is -2.40. The highest BCUT2D eigenvalue weighted by atomic mass is 35.5. The Hall–Kier alpha value is -3.89. The van der Waals surface area contributed by atoms with Crippen LogP contribution in [0.15, 0.2) is 36.4 Å². The van der Waals surface area contributed by atoms with Gasteiger partial charge in [-0.15, -0.1) is 0 Å². The molecule has 0 bridgehead atoms. The lowest BCUT2D eigenvalue weighted by atomic mass is 10.0. The number of carbonyl (C=O) groups is 6. The van der Waals surface area contributed by atoms with Crippen LogP contribution in [0.5, 0.6) is 0 Å². The second-order valence-corrected chi connectivity index (χ2v) is 11.1. The van der Waals surface area contributed by atoms with E-state index in [0.29, 0.717) is 25.0 Å². The maximum atomic E-state index is 12.1. The van der Waals surface area contributed by atoms with Crippen molar-refractivity contribution in [1.29, 1.82) is 0 Å². The van der Waals surface area contributed by atoms with E-state index in [1.807, 2.05) is 0 Å². The Morgan fingerprint density at radius 1 is 0.711 bits per heavy atom. The van der Waals surface area contributed by atoms with E-state index in [2.05, 4.69) is 37.2 Å². The van der Waals surface area contributed by atoms with Crippen LogP contribution in [0.1, 0.15) is 141 Å². The minimum atomic E-state index is -0.746. The number of hydrogen-bond donors (Lipinski definition) is 1. The Labute approximate surface area is 268 Å². The first-order valence-corrected chi connectivity index (χ1v) is 15.7. The fourth-order valence-corrected chi connectivity index (χ4v) is 4.63. The number of benzene rings is 2. The summed E-state index contributed by atoms with van der Waals surface area (Å²) in [5, 5.41) is 8.07. The largest absolute Gasteiger partial charge is 0.462 e. The van der Waals surface area contributed by atoms with Gasteiger partial charge in [-0.05, 0) is 72.7 Å². The van der Waals surface area contributed by atoms with E-state index < -0.39 is 35.1 Å². The van der Waals surface area contributed by atoms with Gasteiger partial charge < -0.3 is 19.3 Å². The summed E-state index contributed by atoms with van der Waals surface area (Å²) >= 11 is 5.21. The molecule has 2 aromatic carbocycles. The van der Waals surface area contributed by atoms with Gasteiger partial charge >= 0.3 is 29.8 Å². The number of aliphatic hydroxyl groups is 1. The van der Waals surface area contributed by atoms with Crippen molar-refractivity contribution in [2.75, 3.05) is 13.2 Å². The van der Waals surface area contributed by atoms with E-state index in [4.69, 9.17) is 21.4 Å². The van der Waals surface area contributed by atoms with Crippen molar-refractivity contribution in [3.8, 4) is 0 Å². The molecule has 45 heavy (non-hydrogen) atoms. The number of hydrogen-bond acceptors (Lipinski definition) is 10. The molecule has 0 saturated heterocycles. The first kappa shape index (κ1) is 37.3. The molecule has 0 radical (unpaired) electrons. The standard InChI is InChI=1S/C17H20O5.C9H3ClO4.C8H18O/c1-3-5-6-11(4-2)10-21-15(18)12-7-8-13-14(9-12)17(20)22-16(13)19;10-7(11)4-1-2-5-6(3-4)9(13)14-8(5)12;1-3-5-6-8(4-2)7-9/h7-9,11H,3-6,10H2,1-2H3;1-3H;8-9H,3-7H2,1-2H3. The zero-order chi connectivity index (χ0) is 33.5. The molecular formula is C34H41ClO10. The van der Waals surface area contributed by atoms with Crippen LogP contribution in [0.25, 0.3) is 0 Å². The first-order chi connectivity index (χ1) is 21.5. The van der Waals surface area contributed by atoms with E-state index in [1.165, 1.54) is 55.7 Å². The normalized spacial score (nSPS) is 14.1. The number of unbranched alkanes of at least 4 members (excludes halogenated alkanes) is 2. The number of rotatable bonds is 13. The summed E-state index contributed by atoms with van der Waals surface area (Å²) in [7, 11) is 0. The molecule has 2 aliphatic heterocycles.